The predicted octanol–water partition coefficient (Wildman–Crippen LogP) is 1.04. The number of nitrogens with zero attached hydrogens (tertiary/aromatic N) is 5. The Bertz CT molecular complexity index is 578. The van der Waals surface area contributed by atoms with Crippen LogP contribution < -0.4 is 0 Å². The lowest BCUT2D eigenvalue weighted by Crippen LogP contribution is -2.43. The van der Waals surface area contributed by atoms with Gasteiger partial charge in [-0.1, -0.05) is 5.16 Å². The maximum atomic E-state index is 5.81. The van der Waals surface area contributed by atoms with Gasteiger partial charge in [0.05, 0.1) is 25.8 Å². The monoisotopic (exact) mass is 289 g/mol. The number of morpholine rings is 1. The van der Waals surface area contributed by atoms with Gasteiger partial charge in [-0.05, 0) is 18.9 Å². The molecule has 1 saturated carbocycles. The number of ether oxygens (including phenoxy) is 1. The Hall–Kier alpha value is -1.73. The molecule has 0 amide bonds. The maximum absolute atomic E-state index is 5.81. The van der Waals surface area contributed by atoms with Crippen LogP contribution in [0.1, 0.15) is 30.5 Å². The third-order valence-corrected chi connectivity index (χ3v) is 3.95. The highest BCUT2D eigenvalue weighted by Gasteiger charge is 2.30. The van der Waals surface area contributed by atoms with Crippen LogP contribution in [0.2, 0.25) is 0 Å². The highest BCUT2D eigenvalue weighted by Crippen LogP contribution is 2.38. The van der Waals surface area contributed by atoms with Crippen molar-refractivity contribution in [2.24, 2.45) is 0 Å². The van der Waals surface area contributed by atoms with Crippen LogP contribution in [0, 0.1) is 0 Å². The van der Waals surface area contributed by atoms with Crippen LogP contribution in [0.25, 0.3) is 0 Å². The highest BCUT2D eigenvalue weighted by molar-refractivity contribution is 5.01. The summed E-state index contributed by atoms with van der Waals surface area (Å²) in [6, 6.07) is 1.93. The summed E-state index contributed by atoms with van der Waals surface area (Å²) in [5.74, 6) is 2.12. The molecule has 7 heteroatoms. The van der Waals surface area contributed by atoms with Gasteiger partial charge in [-0.25, -0.2) is 0 Å². The summed E-state index contributed by atoms with van der Waals surface area (Å²) < 4.78 is 13.0. The Morgan fingerprint density at radius 2 is 2.29 bits per heavy atom. The molecule has 0 N–H and O–H groups in total. The van der Waals surface area contributed by atoms with Crippen LogP contribution in [0.3, 0.4) is 0 Å². The molecule has 2 aromatic rings. The molecular weight excluding hydrogens is 270 g/mol. The topological polar surface area (TPSA) is 69.2 Å². The van der Waals surface area contributed by atoms with Gasteiger partial charge in [0.2, 0.25) is 5.89 Å². The molecule has 0 radical (unpaired) electrons. The van der Waals surface area contributed by atoms with Gasteiger partial charge in [0.25, 0.3) is 0 Å². The molecule has 1 aliphatic carbocycles. The van der Waals surface area contributed by atoms with E-state index in [-0.39, 0.29) is 6.10 Å². The van der Waals surface area contributed by atoms with Crippen LogP contribution in [0.15, 0.2) is 23.0 Å². The van der Waals surface area contributed by atoms with Gasteiger partial charge in [-0.3, -0.25) is 9.58 Å². The SMILES string of the molecule is c1cnn(CC2CN(Cc3noc(C4CC4)n3)CCO2)c1. The minimum Gasteiger partial charge on any atom is -0.374 e. The van der Waals surface area contributed by atoms with Crippen molar-refractivity contribution >= 4 is 0 Å². The molecule has 0 aromatic carbocycles. The van der Waals surface area contributed by atoms with Crippen LogP contribution in [-0.2, 0) is 17.8 Å². The Balaban J connectivity index is 1.33. The van der Waals surface area contributed by atoms with Crippen LogP contribution in [-0.4, -0.2) is 50.6 Å². The summed E-state index contributed by atoms with van der Waals surface area (Å²) in [7, 11) is 0. The molecule has 112 valence electrons. The van der Waals surface area contributed by atoms with Crippen molar-refractivity contribution in [2.45, 2.75) is 38.0 Å². The van der Waals surface area contributed by atoms with Gasteiger partial charge in [-0.2, -0.15) is 10.1 Å². The summed E-state index contributed by atoms with van der Waals surface area (Å²) in [4.78, 5) is 6.81. The Labute approximate surface area is 122 Å². The van der Waals surface area contributed by atoms with Crippen molar-refractivity contribution < 1.29 is 9.26 Å². The van der Waals surface area contributed by atoms with Crippen molar-refractivity contribution in [3.63, 3.8) is 0 Å². The van der Waals surface area contributed by atoms with E-state index >= 15 is 0 Å². The van der Waals surface area contributed by atoms with E-state index in [4.69, 9.17) is 9.26 Å². The molecule has 21 heavy (non-hydrogen) atoms. The molecule has 2 aliphatic rings. The molecule has 1 aliphatic heterocycles. The normalized spacial score (nSPS) is 23.5. The van der Waals surface area contributed by atoms with Crippen molar-refractivity contribution in [2.75, 3.05) is 19.7 Å². The van der Waals surface area contributed by atoms with E-state index in [1.807, 2.05) is 16.9 Å². The zero-order chi connectivity index (χ0) is 14.1. The molecule has 0 bridgehead atoms. The number of hydrogen-bond donors (Lipinski definition) is 0. The van der Waals surface area contributed by atoms with Crippen molar-refractivity contribution in [3.05, 3.63) is 30.2 Å². The summed E-state index contributed by atoms with van der Waals surface area (Å²) in [6.07, 6.45) is 6.28. The molecule has 3 heterocycles. The van der Waals surface area contributed by atoms with E-state index in [9.17, 15) is 0 Å². The number of hydrogen-bond acceptors (Lipinski definition) is 6. The van der Waals surface area contributed by atoms with Gasteiger partial charge in [0, 0.05) is 31.4 Å². The summed E-state index contributed by atoms with van der Waals surface area (Å²) in [5, 5.41) is 8.31. The smallest absolute Gasteiger partial charge is 0.229 e. The van der Waals surface area contributed by atoms with Crippen molar-refractivity contribution in [1.82, 2.24) is 24.8 Å². The summed E-state index contributed by atoms with van der Waals surface area (Å²) in [6.45, 7) is 4.02. The quantitative estimate of drug-likeness (QED) is 0.819. The van der Waals surface area contributed by atoms with E-state index in [0.29, 0.717) is 5.92 Å². The van der Waals surface area contributed by atoms with Gasteiger partial charge in [0.1, 0.15) is 0 Å². The fourth-order valence-electron chi connectivity index (χ4n) is 2.68. The van der Waals surface area contributed by atoms with Crippen LogP contribution in [0.4, 0.5) is 0 Å². The molecular formula is C14H19N5O2. The molecule has 1 unspecified atom stereocenters. The third kappa shape index (κ3) is 3.14. The summed E-state index contributed by atoms with van der Waals surface area (Å²) >= 11 is 0. The molecule has 1 saturated heterocycles. The average molecular weight is 289 g/mol. The molecule has 1 atom stereocenters. The number of aromatic nitrogens is 4. The van der Waals surface area contributed by atoms with Crippen LogP contribution in [0.5, 0.6) is 0 Å². The lowest BCUT2D eigenvalue weighted by atomic mass is 10.2. The van der Waals surface area contributed by atoms with E-state index in [1.54, 1.807) is 6.20 Å². The fourth-order valence-corrected chi connectivity index (χ4v) is 2.68. The maximum Gasteiger partial charge on any atom is 0.229 e. The average Bonchev–Trinajstić information content (AvgIpc) is 3.02. The van der Waals surface area contributed by atoms with Gasteiger partial charge in [0.15, 0.2) is 5.82 Å². The first-order valence-electron chi connectivity index (χ1n) is 7.51. The lowest BCUT2D eigenvalue weighted by molar-refractivity contribution is -0.0410. The zero-order valence-corrected chi connectivity index (χ0v) is 11.9. The minimum absolute atomic E-state index is 0.161. The second-order valence-electron chi connectivity index (χ2n) is 5.78. The van der Waals surface area contributed by atoms with Gasteiger partial charge >= 0.3 is 0 Å². The molecule has 4 rings (SSSR count). The fraction of sp³-hybridized carbons (Fsp3) is 0.643. The molecule has 2 aromatic heterocycles. The predicted molar refractivity (Wildman–Crippen MR) is 73.5 cm³/mol. The Kier molecular flexibility index (Phi) is 3.44. The van der Waals surface area contributed by atoms with E-state index in [0.717, 1.165) is 44.5 Å². The Morgan fingerprint density at radius 3 is 3.10 bits per heavy atom. The van der Waals surface area contributed by atoms with E-state index in [2.05, 4.69) is 20.1 Å². The minimum atomic E-state index is 0.161. The molecule has 0 spiro atoms. The standard InChI is InChI=1S/C14H19N5O2/c1-4-15-19(5-1)9-12-8-18(6-7-20-12)10-13-16-14(21-17-13)11-2-3-11/h1,4-5,11-12H,2-3,6-10H2. The van der Waals surface area contributed by atoms with Gasteiger partial charge in [-0.15, -0.1) is 0 Å². The molecule has 7 nitrogen and oxygen atoms in total. The van der Waals surface area contributed by atoms with E-state index in [1.165, 1.54) is 12.8 Å². The lowest BCUT2D eigenvalue weighted by Gasteiger charge is -2.31. The number of rotatable bonds is 5. The summed E-state index contributed by atoms with van der Waals surface area (Å²) in [5.41, 5.74) is 0. The van der Waals surface area contributed by atoms with Gasteiger partial charge < -0.3 is 9.26 Å². The van der Waals surface area contributed by atoms with E-state index < -0.39 is 0 Å². The Morgan fingerprint density at radius 1 is 1.33 bits per heavy atom. The van der Waals surface area contributed by atoms with Crippen molar-refractivity contribution in [3.8, 4) is 0 Å². The second kappa shape index (κ2) is 5.57. The first-order valence-corrected chi connectivity index (χ1v) is 7.51. The second-order valence-corrected chi connectivity index (χ2v) is 5.78. The highest BCUT2D eigenvalue weighted by atomic mass is 16.5. The largest absolute Gasteiger partial charge is 0.374 e. The van der Waals surface area contributed by atoms with Crippen LogP contribution >= 0.6 is 0 Å². The molecule has 2 fully saturated rings. The first kappa shape index (κ1) is 13.0. The van der Waals surface area contributed by atoms with Crippen molar-refractivity contribution in [1.29, 1.82) is 0 Å². The zero-order valence-electron chi connectivity index (χ0n) is 11.9. The first-order chi connectivity index (χ1) is 10.4. The third-order valence-electron chi connectivity index (χ3n) is 3.95.